The van der Waals surface area contributed by atoms with E-state index in [-0.39, 0.29) is 5.92 Å². The number of hydrogen-bond donors (Lipinski definition) is 2. The molecule has 0 saturated heterocycles. The molecule has 0 aromatic carbocycles. The van der Waals surface area contributed by atoms with Crippen molar-refractivity contribution in [2.75, 3.05) is 7.11 Å². The fraction of sp³-hybridized carbons (Fsp3) is 0.818. The lowest BCUT2D eigenvalue weighted by Crippen LogP contribution is -2.45. The van der Waals surface area contributed by atoms with Crippen molar-refractivity contribution in [3.63, 3.8) is 0 Å². The topological polar surface area (TPSA) is 75.6 Å². The molecule has 0 bridgehead atoms. The van der Waals surface area contributed by atoms with Gasteiger partial charge in [-0.15, -0.1) is 0 Å². The maximum absolute atomic E-state index is 11.5. The van der Waals surface area contributed by atoms with Gasteiger partial charge in [0.25, 0.3) is 0 Å². The third kappa shape index (κ3) is 5.11. The van der Waals surface area contributed by atoms with Crippen LogP contribution in [0, 0.1) is 5.92 Å². The molecule has 0 rings (SSSR count). The summed E-state index contributed by atoms with van der Waals surface area (Å²) >= 11 is 0. The van der Waals surface area contributed by atoms with Crippen LogP contribution in [0.1, 0.15) is 33.6 Å². The fourth-order valence-corrected chi connectivity index (χ4v) is 1.29. The number of nitrogens with one attached hydrogen (secondary N) is 1. The highest BCUT2D eigenvalue weighted by Crippen LogP contribution is 2.05. The van der Waals surface area contributed by atoms with Crippen molar-refractivity contribution in [3.8, 4) is 0 Å². The van der Waals surface area contributed by atoms with Crippen LogP contribution >= 0.6 is 0 Å². The van der Waals surface area contributed by atoms with Crippen LogP contribution in [-0.2, 0) is 14.3 Å². The van der Waals surface area contributed by atoms with Gasteiger partial charge in [0.05, 0.1) is 7.11 Å². The van der Waals surface area contributed by atoms with Gasteiger partial charge >= 0.3 is 5.97 Å². The Labute approximate surface area is 96.2 Å². The van der Waals surface area contributed by atoms with Crippen LogP contribution in [0.25, 0.3) is 0 Å². The van der Waals surface area contributed by atoms with Crippen molar-refractivity contribution in [1.29, 1.82) is 0 Å². The van der Waals surface area contributed by atoms with Gasteiger partial charge in [-0.1, -0.05) is 20.8 Å². The largest absolute Gasteiger partial charge is 0.467 e. The predicted molar refractivity (Wildman–Crippen MR) is 59.7 cm³/mol. The van der Waals surface area contributed by atoms with Gasteiger partial charge in [-0.25, -0.2) is 4.79 Å². The Hall–Kier alpha value is -1.10. The van der Waals surface area contributed by atoms with Gasteiger partial charge in [-0.2, -0.15) is 0 Å². The summed E-state index contributed by atoms with van der Waals surface area (Å²) in [6.45, 7) is 5.58. The minimum atomic E-state index is -1.07. The van der Waals surface area contributed by atoms with E-state index in [0.717, 1.165) is 0 Å². The Morgan fingerprint density at radius 2 is 1.94 bits per heavy atom. The normalized spacial score (nSPS) is 14.4. The minimum absolute atomic E-state index is 0.221. The smallest absolute Gasteiger partial charge is 0.328 e. The van der Waals surface area contributed by atoms with Crippen molar-refractivity contribution in [1.82, 2.24) is 5.32 Å². The predicted octanol–water partition coefficient (Wildman–Crippen LogP) is 0.461. The molecule has 2 atom stereocenters. The molecule has 94 valence electrons. The number of carbonyl (C=O) groups is 2. The van der Waals surface area contributed by atoms with Crippen LogP contribution in [0.5, 0.6) is 0 Å². The van der Waals surface area contributed by atoms with E-state index in [4.69, 9.17) is 0 Å². The highest BCUT2D eigenvalue weighted by molar-refractivity contribution is 5.86. The molecule has 5 heteroatoms. The first-order chi connectivity index (χ1) is 7.42. The zero-order chi connectivity index (χ0) is 12.7. The SMILES string of the molecule is CC[C@H](NC(=O)[C@@H](O)CC(C)C)C(=O)OC. The molecular formula is C11H21NO4. The molecule has 0 radical (unpaired) electrons. The molecule has 0 heterocycles. The van der Waals surface area contributed by atoms with Crippen LogP contribution < -0.4 is 5.32 Å². The lowest BCUT2D eigenvalue weighted by atomic mass is 10.1. The molecule has 0 unspecified atom stereocenters. The maximum atomic E-state index is 11.5. The molecule has 1 amide bonds. The quantitative estimate of drug-likeness (QED) is 0.651. The first kappa shape index (κ1) is 14.9. The highest BCUT2D eigenvalue weighted by atomic mass is 16.5. The number of rotatable bonds is 6. The summed E-state index contributed by atoms with van der Waals surface area (Å²) in [4.78, 5) is 22.7. The third-order valence-corrected chi connectivity index (χ3v) is 2.21. The van der Waals surface area contributed by atoms with Gasteiger partial charge in [-0.05, 0) is 18.8 Å². The molecule has 0 aromatic rings. The Balaban J connectivity index is 4.24. The Kier molecular flexibility index (Phi) is 6.72. The number of ether oxygens (including phenoxy) is 1. The van der Waals surface area contributed by atoms with Gasteiger partial charge in [0.2, 0.25) is 5.91 Å². The number of aliphatic hydroxyl groups is 1. The average Bonchev–Trinajstić information content (AvgIpc) is 2.23. The van der Waals surface area contributed by atoms with Gasteiger partial charge in [0.1, 0.15) is 12.1 Å². The van der Waals surface area contributed by atoms with E-state index in [2.05, 4.69) is 10.1 Å². The van der Waals surface area contributed by atoms with Crippen LogP contribution in [-0.4, -0.2) is 36.2 Å². The monoisotopic (exact) mass is 231 g/mol. The third-order valence-electron chi connectivity index (χ3n) is 2.21. The summed E-state index contributed by atoms with van der Waals surface area (Å²) < 4.78 is 4.53. The second-order valence-corrected chi connectivity index (χ2v) is 4.14. The summed E-state index contributed by atoms with van der Waals surface area (Å²) in [6, 6.07) is -0.681. The van der Waals surface area contributed by atoms with Crippen LogP contribution in [0.4, 0.5) is 0 Å². The molecule has 0 fully saturated rings. The Bertz CT molecular complexity index is 240. The first-order valence-electron chi connectivity index (χ1n) is 5.48. The summed E-state index contributed by atoms with van der Waals surface area (Å²) in [7, 11) is 1.27. The zero-order valence-electron chi connectivity index (χ0n) is 10.3. The molecule has 0 aliphatic rings. The van der Waals surface area contributed by atoms with E-state index in [0.29, 0.717) is 12.8 Å². The number of amides is 1. The summed E-state index contributed by atoms with van der Waals surface area (Å²) in [5.41, 5.74) is 0. The van der Waals surface area contributed by atoms with Crippen molar-refractivity contribution < 1.29 is 19.4 Å². The molecule has 0 spiro atoms. The highest BCUT2D eigenvalue weighted by Gasteiger charge is 2.23. The van der Waals surface area contributed by atoms with Gasteiger partial charge in [0.15, 0.2) is 0 Å². The van der Waals surface area contributed by atoms with E-state index in [1.807, 2.05) is 13.8 Å². The maximum Gasteiger partial charge on any atom is 0.328 e. The lowest BCUT2D eigenvalue weighted by Gasteiger charge is -2.18. The van der Waals surface area contributed by atoms with Crippen LogP contribution in [0.15, 0.2) is 0 Å². The van der Waals surface area contributed by atoms with Crippen molar-refractivity contribution >= 4 is 11.9 Å². The average molecular weight is 231 g/mol. The molecule has 0 saturated carbocycles. The van der Waals surface area contributed by atoms with E-state index in [9.17, 15) is 14.7 Å². The molecule has 0 aliphatic heterocycles. The first-order valence-corrected chi connectivity index (χ1v) is 5.48. The minimum Gasteiger partial charge on any atom is -0.467 e. The molecule has 0 aromatic heterocycles. The van der Waals surface area contributed by atoms with Crippen LogP contribution in [0.3, 0.4) is 0 Å². The number of hydrogen-bond acceptors (Lipinski definition) is 4. The van der Waals surface area contributed by atoms with E-state index >= 15 is 0 Å². The molecular weight excluding hydrogens is 210 g/mol. The Morgan fingerprint density at radius 3 is 2.31 bits per heavy atom. The number of carbonyl (C=O) groups excluding carboxylic acids is 2. The van der Waals surface area contributed by atoms with Crippen molar-refractivity contribution in [2.45, 2.75) is 45.8 Å². The Morgan fingerprint density at radius 1 is 1.38 bits per heavy atom. The number of esters is 1. The van der Waals surface area contributed by atoms with Gasteiger partial charge < -0.3 is 15.2 Å². The van der Waals surface area contributed by atoms with Crippen LogP contribution in [0.2, 0.25) is 0 Å². The molecule has 0 aliphatic carbocycles. The second-order valence-electron chi connectivity index (χ2n) is 4.14. The molecule has 5 nitrogen and oxygen atoms in total. The van der Waals surface area contributed by atoms with Crippen molar-refractivity contribution in [3.05, 3.63) is 0 Å². The second kappa shape index (κ2) is 7.22. The van der Waals surface area contributed by atoms with Crippen molar-refractivity contribution in [2.24, 2.45) is 5.92 Å². The fourth-order valence-electron chi connectivity index (χ4n) is 1.29. The summed E-state index contributed by atoms with van der Waals surface area (Å²) in [5, 5.41) is 12.0. The lowest BCUT2D eigenvalue weighted by molar-refractivity contribution is -0.146. The zero-order valence-corrected chi connectivity index (χ0v) is 10.3. The van der Waals surface area contributed by atoms with Gasteiger partial charge in [-0.3, -0.25) is 4.79 Å². The van der Waals surface area contributed by atoms with Gasteiger partial charge in [0, 0.05) is 0 Å². The standard InChI is InChI=1S/C11H21NO4/c1-5-8(11(15)16-4)12-10(14)9(13)6-7(2)3/h7-9,13H,5-6H2,1-4H3,(H,12,14)/t8-,9-/m0/s1. The summed E-state index contributed by atoms with van der Waals surface area (Å²) in [5.74, 6) is -0.794. The van der Waals surface area contributed by atoms with E-state index in [1.165, 1.54) is 7.11 Å². The van der Waals surface area contributed by atoms with E-state index in [1.54, 1.807) is 6.92 Å². The number of aliphatic hydroxyl groups excluding tert-OH is 1. The molecule has 16 heavy (non-hydrogen) atoms. The number of methoxy groups -OCH3 is 1. The summed E-state index contributed by atoms with van der Waals surface area (Å²) in [6.07, 6.45) is -0.255. The van der Waals surface area contributed by atoms with E-state index < -0.39 is 24.0 Å². The molecule has 2 N–H and O–H groups in total.